The third-order valence-corrected chi connectivity index (χ3v) is 3.17. The predicted octanol–water partition coefficient (Wildman–Crippen LogP) is 4.28. The fourth-order valence-corrected chi connectivity index (χ4v) is 2.12. The lowest BCUT2D eigenvalue weighted by molar-refractivity contribution is 0.509. The quantitative estimate of drug-likeness (QED) is 0.701. The van der Waals surface area contributed by atoms with Crippen LogP contribution in [0.4, 0.5) is 8.78 Å². The summed E-state index contributed by atoms with van der Waals surface area (Å²) < 4.78 is 28.1. The molecule has 0 unspecified atom stereocenters. The van der Waals surface area contributed by atoms with Crippen LogP contribution >= 0.6 is 0 Å². The molecule has 0 atom stereocenters. The number of hydrogen-bond acceptors (Lipinski definition) is 1. The molecule has 0 N–H and O–H groups in total. The van der Waals surface area contributed by atoms with E-state index in [2.05, 4.69) is 11.9 Å². The summed E-state index contributed by atoms with van der Waals surface area (Å²) in [5.74, 6) is -1.65. The number of aromatic nitrogens is 2. The van der Waals surface area contributed by atoms with Crippen LogP contribution in [0.25, 0.3) is 11.0 Å². The average molecular weight is 252 g/mol. The minimum absolute atomic E-state index is 0.516. The molecule has 4 heteroatoms. The Kier molecular flexibility index (Phi) is 4.28. The van der Waals surface area contributed by atoms with Gasteiger partial charge in [0.2, 0.25) is 0 Å². The molecule has 2 aromatic rings. The van der Waals surface area contributed by atoms with E-state index in [4.69, 9.17) is 0 Å². The molecule has 0 fully saturated rings. The molecule has 98 valence electrons. The first-order valence-corrected chi connectivity index (χ1v) is 6.52. The Hall–Kier alpha value is -1.45. The highest BCUT2D eigenvalue weighted by Gasteiger charge is 2.08. The van der Waals surface area contributed by atoms with Gasteiger partial charge in [-0.1, -0.05) is 32.6 Å². The molecule has 1 aromatic carbocycles. The first-order chi connectivity index (χ1) is 8.72. The molecular formula is C14H18F2N2. The molecule has 18 heavy (non-hydrogen) atoms. The summed E-state index contributed by atoms with van der Waals surface area (Å²) in [5.41, 5.74) is 1.19. The normalized spacial score (nSPS) is 11.3. The summed E-state index contributed by atoms with van der Waals surface area (Å²) >= 11 is 0. The van der Waals surface area contributed by atoms with Crippen molar-refractivity contribution in [3.8, 4) is 0 Å². The van der Waals surface area contributed by atoms with Gasteiger partial charge in [-0.05, 0) is 6.42 Å². The van der Waals surface area contributed by atoms with Crippen molar-refractivity contribution >= 4 is 11.0 Å². The standard InChI is InChI=1S/C14H18F2N2/c1-2-3-4-5-6-7-18-10-17-13-8-11(15)12(16)9-14(13)18/h8-10H,2-7H2,1H3. The Bertz CT molecular complexity index is 520. The van der Waals surface area contributed by atoms with E-state index in [1.54, 1.807) is 6.33 Å². The molecule has 2 nitrogen and oxygen atoms in total. The molecule has 0 aliphatic heterocycles. The lowest BCUT2D eigenvalue weighted by atomic mass is 10.1. The Morgan fingerprint density at radius 3 is 2.56 bits per heavy atom. The van der Waals surface area contributed by atoms with Crippen LogP contribution in [-0.4, -0.2) is 9.55 Å². The number of fused-ring (bicyclic) bond motifs is 1. The van der Waals surface area contributed by atoms with E-state index in [1.165, 1.54) is 25.3 Å². The number of hydrogen-bond donors (Lipinski definition) is 0. The van der Waals surface area contributed by atoms with Gasteiger partial charge in [-0.15, -0.1) is 0 Å². The molecule has 0 spiro atoms. The van der Waals surface area contributed by atoms with E-state index < -0.39 is 11.6 Å². The summed E-state index contributed by atoms with van der Waals surface area (Å²) in [6.07, 6.45) is 7.57. The van der Waals surface area contributed by atoms with E-state index >= 15 is 0 Å². The van der Waals surface area contributed by atoms with Crippen molar-refractivity contribution < 1.29 is 8.78 Å². The fourth-order valence-electron chi connectivity index (χ4n) is 2.12. The second-order valence-electron chi connectivity index (χ2n) is 4.61. The minimum Gasteiger partial charge on any atom is -0.331 e. The molecule has 1 aromatic heterocycles. The Morgan fingerprint density at radius 2 is 1.78 bits per heavy atom. The van der Waals surface area contributed by atoms with Crippen molar-refractivity contribution in [1.29, 1.82) is 0 Å². The van der Waals surface area contributed by atoms with E-state index in [1.807, 2.05) is 4.57 Å². The monoisotopic (exact) mass is 252 g/mol. The zero-order valence-corrected chi connectivity index (χ0v) is 10.6. The molecule has 1 heterocycles. The molecule has 0 saturated heterocycles. The van der Waals surface area contributed by atoms with Crippen molar-refractivity contribution in [1.82, 2.24) is 9.55 Å². The first-order valence-electron chi connectivity index (χ1n) is 6.52. The minimum atomic E-state index is -0.837. The van der Waals surface area contributed by atoms with Crippen LogP contribution in [0.2, 0.25) is 0 Å². The number of nitrogens with zero attached hydrogens (tertiary/aromatic N) is 2. The second-order valence-corrected chi connectivity index (χ2v) is 4.61. The number of halogens is 2. The Balaban J connectivity index is 2.03. The summed E-state index contributed by atoms with van der Waals surface area (Å²) in [6, 6.07) is 2.38. The smallest absolute Gasteiger partial charge is 0.161 e. The molecule has 0 radical (unpaired) electrons. The van der Waals surface area contributed by atoms with Crippen LogP contribution in [0, 0.1) is 11.6 Å². The summed E-state index contributed by atoms with van der Waals surface area (Å²) in [4.78, 5) is 4.09. The lowest BCUT2D eigenvalue weighted by Gasteiger charge is -2.04. The summed E-state index contributed by atoms with van der Waals surface area (Å²) in [7, 11) is 0. The summed E-state index contributed by atoms with van der Waals surface area (Å²) in [5, 5.41) is 0. The van der Waals surface area contributed by atoms with Gasteiger partial charge in [0.1, 0.15) is 0 Å². The van der Waals surface area contributed by atoms with Crippen LogP contribution in [0.3, 0.4) is 0 Å². The van der Waals surface area contributed by atoms with Crippen molar-refractivity contribution in [2.75, 3.05) is 0 Å². The largest absolute Gasteiger partial charge is 0.331 e. The number of aryl methyl sites for hydroxylation is 1. The van der Waals surface area contributed by atoms with Gasteiger partial charge in [0, 0.05) is 18.7 Å². The van der Waals surface area contributed by atoms with Crippen LogP contribution in [-0.2, 0) is 6.54 Å². The molecule has 0 saturated carbocycles. The van der Waals surface area contributed by atoms with Gasteiger partial charge in [-0.25, -0.2) is 13.8 Å². The van der Waals surface area contributed by atoms with Crippen molar-refractivity contribution in [3.05, 3.63) is 30.1 Å². The first kappa shape index (κ1) is 13.0. The van der Waals surface area contributed by atoms with E-state index in [0.29, 0.717) is 11.0 Å². The molecular weight excluding hydrogens is 234 g/mol. The zero-order chi connectivity index (χ0) is 13.0. The highest BCUT2D eigenvalue weighted by molar-refractivity contribution is 5.75. The van der Waals surface area contributed by atoms with Crippen LogP contribution in [0.5, 0.6) is 0 Å². The zero-order valence-electron chi connectivity index (χ0n) is 10.6. The fraction of sp³-hybridized carbons (Fsp3) is 0.500. The van der Waals surface area contributed by atoms with Gasteiger partial charge in [-0.2, -0.15) is 0 Å². The Morgan fingerprint density at radius 1 is 1.06 bits per heavy atom. The molecule has 0 amide bonds. The number of rotatable bonds is 6. The number of unbranched alkanes of at least 4 members (excludes halogenated alkanes) is 4. The third-order valence-electron chi connectivity index (χ3n) is 3.17. The van der Waals surface area contributed by atoms with Gasteiger partial charge in [0.05, 0.1) is 17.4 Å². The lowest BCUT2D eigenvalue weighted by Crippen LogP contribution is -1.97. The SMILES string of the molecule is CCCCCCCn1cnc2cc(F)c(F)cc21. The predicted molar refractivity (Wildman–Crippen MR) is 68.4 cm³/mol. The van der Waals surface area contributed by atoms with Gasteiger partial charge < -0.3 is 4.57 Å². The third kappa shape index (κ3) is 2.86. The molecule has 2 rings (SSSR count). The number of imidazole rings is 1. The van der Waals surface area contributed by atoms with Crippen molar-refractivity contribution in [2.24, 2.45) is 0 Å². The highest BCUT2D eigenvalue weighted by Crippen LogP contribution is 2.18. The van der Waals surface area contributed by atoms with E-state index in [9.17, 15) is 8.78 Å². The molecule has 0 aliphatic rings. The number of benzene rings is 1. The van der Waals surface area contributed by atoms with Crippen LogP contribution < -0.4 is 0 Å². The summed E-state index contributed by atoms with van der Waals surface area (Å²) in [6.45, 7) is 2.99. The molecule has 0 aliphatic carbocycles. The maximum absolute atomic E-state index is 13.2. The van der Waals surface area contributed by atoms with Crippen molar-refractivity contribution in [2.45, 2.75) is 45.6 Å². The van der Waals surface area contributed by atoms with E-state index in [-0.39, 0.29) is 0 Å². The van der Waals surface area contributed by atoms with Gasteiger partial charge in [0.15, 0.2) is 11.6 Å². The van der Waals surface area contributed by atoms with Gasteiger partial charge in [-0.3, -0.25) is 0 Å². The average Bonchev–Trinajstić information content (AvgIpc) is 2.72. The highest BCUT2D eigenvalue weighted by atomic mass is 19.2. The maximum Gasteiger partial charge on any atom is 0.161 e. The van der Waals surface area contributed by atoms with Gasteiger partial charge in [0.25, 0.3) is 0 Å². The second kappa shape index (κ2) is 5.94. The van der Waals surface area contributed by atoms with Crippen LogP contribution in [0.1, 0.15) is 39.0 Å². The van der Waals surface area contributed by atoms with Crippen LogP contribution in [0.15, 0.2) is 18.5 Å². The van der Waals surface area contributed by atoms with E-state index in [0.717, 1.165) is 25.5 Å². The maximum atomic E-state index is 13.2. The molecule has 0 bridgehead atoms. The topological polar surface area (TPSA) is 17.8 Å². The van der Waals surface area contributed by atoms with Gasteiger partial charge >= 0.3 is 0 Å². The Labute approximate surface area is 106 Å². The van der Waals surface area contributed by atoms with Crippen molar-refractivity contribution in [3.63, 3.8) is 0 Å².